The van der Waals surface area contributed by atoms with Gasteiger partial charge in [-0.3, -0.25) is 20.4 Å². The zero-order valence-corrected chi connectivity index (χ0v) is 14.9. The Morgan fingerprint density at radius 3 is 2.64 bits per heavy atom. The Hall–Kier alpha value is -2.22. The third-order valence-electron chi connectivity index (χ3n) is 3.10. The van der Waals surface area contributed by atoms with Gasteiger partial charge in [-0.25, -0.2) is 4.98 Å². The van der Waals surface area contributed by atoms with Gasteiger partial charge in [0.15, 0.2) is 5.58 Å². The molecule has 0 radical (unpaired) electrons. The molecule has 9 heteroatoms. The number of nitrogens with zero attached hydrogens (tertiary/aromatic N) is 1. The molecule has 128 valence electrons. The molecule has 25 heavy (non-hydrogen) atoms. The van der Waals surface area contributed by atoms with Gasteiger partial charge in [-0.15, -0.1) is 0 Å². The molecular weight excluding hydrogens is 385 g/mol. The van der Waals surface area contributed by atoms with E-state index in [4.69, 9.17) is 27.6 Å². The van der Waals surface area contributed by atoms with Crippen LogP contribution in [0.5, 0.6) is 0 Å². The topological polar surface area (TPSA) is 84.2 Å². The summed E-state index contributed by atoms with van der Waals surface area (Å²) >= 11 is 12.8. The number of para-hydroxylation sites is 2. The molecule has 3 rings (SSSR count). The summed E-state index contributed by atoms with van der Waals surface area (Å²) in [6.07, 6.45) is 0. The van der Waals surface area contributed by atoms with Crippen LogP contribution < -0.4 is 10.9 Å². The van der Waals surface area contributed by atoms with Gasteiger partial charge in [-0.2, -0.15) is 0 Å². The summed E-state index contributed by atoms with van der Waals surface area (Å²) in [5.74, 6) is -0.867. The normalized spacial score (nSPS) is 10.6. The molecule has 0 saturated carbocycles. The minimum absolute atomic E-state index is 0.0362. The number of hydrogen-bond acceptors (Lipinski definition) is 5. The molecule has 0 unspecified atom stereocenters. The van der Waals surface area contributed by atoms with E-state index >= 15 is 0 Å². The number of carbonyl (C=O) groups excluding carboxylic acids is 2. The molecule has 6 nitrogen and oxygen atoms in total. The maximum Gasteiger partial charge on any atom is 0.269 e. The van der Waals surface area contributed by atoms with Crippen molar-refractivity contribution in [3.63, 3.8) is 0 Å². The lowest BCUT2D eigenvalue weighted by Crippen LogP contribution is -2.42. The van der Waals surface area contributed by atoms with Gasteiger partial charge >= 0.3 is 0 Å². The Balaban J connectivity index is 1.50. The molecule has 2 N–H and O–H groups in total. The molecule has 0 atom stereocenters. The average Bonchev–Trinajstić information content (AvgIpc) is 3.03. The zero-order valence-electron chi connectivity index (χ0n) is 12.6. The summed E-state index contributed by atoms with van der Waals surface area (Å²) in [7, 11) is 0. The molecule has 0 aliphatic rings. The number of benzene rings is 2. The van der Waals surface area contributed by atoms with Crippen LogP contribution in [-0.2, 0) is 4.79 Å². The van der Waals surface area contributed by atoms with Crippen molar-refractivity contribution in [2.24, 2.45) is 0 Å². The van der Waals surface area contributed by atoms with E-state index in [1.807, 2.05) is 18.2 Å². The summed E-state index contributed by atoms with van der Waals surface area (Å²) < 4.78 is 5.50. The minimum atomic E-state index is -0.501. The third kappa shape index (κ3) is 4.45. The summed E-state index contributed by atoms with van der Waals surface area (Å²) in [5, 5.41) is 0.983. The molecule has 0 saturated heterocycles. The number of hydrazine groups is 1. The maximum absolute atomic E-state index is 11.9. The van der Waals surface area contributed by atoms with Crippen LogP contribution >= 0.6 is 35.0 Å². The van der Waals surface area contributed by atoms with Gasteiger partial charge in [0, 0.05) is 5.56 Å². The maximum atomic E-state index is 11.9. The Morgan fingerprint density at radius 2 is 1.88 bits per heavy atom. The summed E-state index contributed by atoms with van der Waals surface area (Å²) in [6, 6.07) is 11.7. The molecule has 2 amide bonds. The molecule has 0 aliphatic heterocycles. The Kier molecular flexibility index (Phi) is 5.47. The van der Waals surface area contributed by atoms with Gasteiger partial charge in [0.05, 0.1) is 15.8 Å². The number of fused-ring (bicyclic) bond motifs is 1. The Labute approximate surface area is 156 Å². The van der Waals surface area contributed by atoms with Crippen LogP contribution in [0.4, 0.5) is 0 Å². The molecule has 0 bridgehead atoms. The van der Waals surface area contributed by atoms with E-state index in [2.05, 4.69) is 15.8 Å². The van der Waals surface area contributed by atoms with E-state index in [1.54, 1.807) is 6.07 Å². The predicted molar refractivity (Wildman–Crippen MR) is 96.8 cm³/mol. The van der Waals surface area contributed by atoms with E-state index in [0.29, 0.717) is 15.8 Å². The van der Waals surface area contributed by atoms with E-state index in [0.717, 1.165) is 17.3 Å². The summed E-state index contributed by atoms with van der Waals surface area (Å²) in [6.45, 7) is 0. The highest BCUT2D eigenvalue weighted by molar-refractivity contribution is 7.99. The highest BCUT2D eigenvalue weighted by Crippen LogP contribution is 2.23. The van der Waals surface area contributed by atoms with Crippen molar-refractivity contribution >= 4 is 57.9 Å². The van der Waals surface area contributed by atoms with E-state index in [-0.39, 0.29) is 16.3 Å². The van der Waals surface area contributed by atoms with Crippen LogP contribution in [0.1, 0.15) is 10.4 Å². The van der Waals surface area contributed by atoms with Crippen molar-refractivity contribution in [1.29, 1.82) is 0 Å². The van der Waals surface area contributed by atoms with Crippen molar-refractivity contribution < 1.29 is 14.0 Å². The van der Waals surface area contributed by atoms with Crippen LogP contribution in [0.2, 0.25) is 10.0 Å². The Bertz CT molecular complexity index is 912. The van der Waals surface area contributed by atoms with E-state index in [1.165, 1.54) is 18.2 Å². The van der Waals surface area contributed by atoms with Gasteiger partial charge in [0.1, 0.15) is 5.52 Å². The average molecular weight is 396 g/mol. The zero-order chi connectivity index (χ0) is 17.8. The van der Waals surface area contributed by atoms with Crippen LogP contribution in [0.25, 0.3) is 11.1 Å². The number of nitrogens with one attached hydrogen (secondary N) is 2. The number of amides is 2. The van der Waals surface area contributed by atoms with Crippen LogP contribution in [-0.4, -0.2) is 22.6 Å². The lowest BCUT2D eigenvalue weighted by molar-refractivity contribution is -0.119. The quantitative estimate of drug-likeness (QED) is 0.519. The first-order valence-corrected chi connectivity index (χ1v) is 8.79. The third-order valence-corrected chi connectivity index (χ3v) is 4.67. The number of hydrogen-bond donors (Lipinski definition) is 2. The number of carbonyl (C=O) groups is 2. The molecule has 0 fully saturated rings. The van der Waals surface area contributed by atoms with Gasteiger partial charge in [0.25, 0.3) is 11.1 Å². The van der Waals surface area contributed by atoms with Crippen molar-refractivity contribution in [1.82, 2.24) is 15.8 Å². The molecule has 1 aromatic heterocycles. The highest BCUT2D eigenvalue weighted by Gasteiger charge is 2.11. The molecule has 0 spiro atoms. The summed E-state index contributed by atoms with van der Waals surface area (Å²) in [5.41, 5.74) is 6.27. The lowest BCUT2D eigenvalue weighted by atomic mass is 10.2. The number of aromatic nitrogens is 1. The second kappa shape index (κ2) is 7.77. The predicted octanol–water partition coefficient (Wildman–Crippen LogP) is 3.69. The molecule has 1 heterocycles. The first-order valence-electron chi connectivity index (χ1n) is 7.05. The molecular formula is C16H11Cl2N3O3S. The first kappa shape index (κ1) is 17.6. The largest absolute Gasteiger partial charge is 0.431 e. The van der Waals surface area contributed by atoms with Gasteiger partial charge < -0.3 is 4.42 Å². The fourth-order valence-electron chi connectivity index (χ4n) is 1.91. The minimum Gasteiger partial charge on any atom is -0.431 e. The highest BCUT2D eigenvalue weighted by atomic mass is 35.5. The van der Waals surface area contributed by atoms with Crippen molar-refractivity contribution in [3.05, 3.63) is 58.1 Å². The number of rotatable bonds is 4. The van der Waals surface area contributed by atoms with Crippen LogP contribution in [0, 0.1) is 0 Å². The second-order valence-corrected chi connectivity index (χ2v) is 6.61. The van der Waals surface area contributed by atoms with Crippen LogP contribution in [0.3, 0.4) is 0 Å². The van der Waals surface area contributed by atoms with E-state index < -0.39 is 11.8 Å². The number of thioether (sulfide) groups is 1. The number of oxazole rings is 1. The van der Waals surface area contributed by atoms with Crippen molar-refractivity contribution in [3.8, 4) is 0 Å². The molecule has 0 aliphatic carbocycles. The standard InChI is InChI=1S/C16H11Cl2N3O3S/c17-10-6-5-9(7-11(10)18)15(23)21-20-14(22)8-25-16-19-12-3-1-2-4-13(12)24-16/h1-7H,8H2,(H,20,22)(H,21,23). The summed E-state index contributed by atoms with van der Waals surface area (Å²) in [4.78, 5) is 28.0. The van der Waals surface area contributed by atoms with Crippen LogP contribution in [0.15, 0.2) is 52.1 Å². The van der Waals surface area contributed by atoms with Gasteiger partial charge in [-0.1, -0.05) is 47.1 Å². The SMILES string of the molecule is O=C(CSc1nc2ccccc2o1)NNC(=O)c1ccc(Cl)c(Cl)c1. The molecule has 2 aromatic carbocycles. The number of halogens is 2. The van der Waals surface area contributed by atoms with Gasteiger partial charge in [-0.05, 0) is 30.3 Å². The fraction of sp³-hybridized carbons (Fsp3) is 0.0625. The van der Waals surface area contributed by atoms with E-state index in [9.17, 15) is 9.59 Å². The first-order chi connectivity index (χ1) is 12.0. The van der Waals surface area contributed by atoms with Crippen molar-refractivity contribution in [2.75, 3.05) is 5.75 Å². The monoisotopic (exact) mass is 395 g/mol. The van der Waals surface area contributed by atoms with Crippen molar-refractivity contribution in [2.45, 2.75) is 5.22 Å². The fourth-order valence-corrected chi connectivity index (χ4v) is 2.85. The Morgan fingerprint density at radius 1 is 1.08 bits per heavy atom. The second-order valence-electron chi connectivity index (χ2n) is 4.87. The lowest BCUT2D eigenvalue weighted by Gasteiger charge is -2.07. The van der Waals surface area contributed by atoms with Gasteiger partial charge in [0.2, 0.25) is 5.91 Å². The smallest absolute Gasteiger partial charge is 0.269 e. The molecule has 3 aromatic rings.